The third kappa shape index (κ3) is 4.16. The number of hydrogen-bond donors (Lipinski definition) is 0. The van der Waals surface area contributed by atoms with E-state index in [0.29, 0.717) is 24.4 Å². The standard InChI is InChI=1S/C24H29N5O/c1-18(2)21-4-3-20(15-25)23(27-21)28-13-9-24(10-14-28)8-5-22(30)29(17-24)16-19-6-11-26-12-7-19/h3-4,6-7,11-12,18H,5,8-10,13-14,16-17H2,1-2H3. The quantitative estimate of drug-likeness (QED) is 0.775. The van der Waals surface area contributed by atoms with Crippen molar-refractivity contribution in [1.82, 2.24) is 14.9 Å². The summed E-state index contributed by atoms with van der Waals surface area (Å²) in [6.45, 7) is 7.47. The van der Waals surface area contributed by atoms with Gasteiger partial charge in [0, 0.05) is 50.7 Å². The molecule has 1 spiro atoms. The Morgan fingerprint density at radius 2 is 1.87 bits per heavy atom. The summed E-state index contributed by atoms with van der Waals surface area (Å²) in [5.41, 5.74) is 2.96. The monoisotopic (exact) mass is 403 g/mol. The molecular weight excluding hydrogens is 374 g/mol. The predicted molar refractivity (Wildman–Crippen MR) is 116 cm³/mol. The van der Waals surface area contributed by atoms with E-state index in [2.05, 4.69) is 29.8 Å². The van der Waals surface area contributed by atoms with Gasteiger partial charge in [-0.25, -0.2) is 4.98 Å². The van der Waals surface area contributed by atoms with Gasteiger partial charge in [0.1, 0.15) is 11.9 Å². The van der Waals surface area contributed by atoms with Crippen LogP contribution in [0, 0.1) is 16.7 Å². The van der Waals surface area contributed by atoms with Crippen LogP contribution in [0.1, 0.15) is 62.3 Å². The molecule has 4 rings (SSSR count). The first-order valence-corrected chi connectivity index (χ1v) is 10.8. The number of hydrogen-bond acceptors (Lipinski definition) is 5. The van der Waals surface area contributed by atoms with E-state index in [-0.39, 0.29) is 11.3 Å². The number of nitriles is 1. The topological polar surface area (TPSA) is 73.1 Å². The number of carbonyl (C=O) groups excluding carboxylic acids is 1. The van der Waals surface area contributed by atoms with Crippen molar-refractivity contribution in [3.05, 3.63) is 53.5 Å². The van der Waals surface area contributed by atoms with Crippen molar-refractivity contribution in [1.29, 1.82) is 5.26 Å². The summed E-state index contributed by atoms with van der Waals surface area (Å²) in [4.78, 5) is 25.7. The van der Waals surface area contributed by atoms with Gasteiger partial charge < -0.3 is 9.80 Å². The molecule has 1 amide bonds. The summed E-state index contributed by atoms with van der Waals surface area (Å²) in [5.74, 6) is 1.40. The van der Waals surface area contributed by atoms with Crippen LogP contribution in [0.2, 0.25) is 0 Å². The van der Waals surface area contributed by atoms with Crippen LogP contribution in [0.25, 0.3) is 0 Å². The second-order valence-corrected chi connectivity index (χ2v) is 8.97. The molecule has 156 valence electrons. The number of aromatic nitrogens is 2. The van der Waals surface area contributed by atoms with Crippen LogP contribution in [-0.4, -0.2) is 40.4 Å². The van der Waals surface area contributed by atoms with Gasteiger partial charge in [-0.2, -0.15) is 5.26 Å². The smallest absolute Gasteiger partial charge is 0.222 e. The molecule has 0 saturated carbocycles. The lowest BCUT2D eigenvalue weighted by Crippen LogP contribution is -2.51. The molecule has 0 unspecified atom stereocenters. The molecule has 0 aromatic carbocycles. The minimum Gasteiger partial charge on any atom is -0.355 e. The van der Waals surface area contributed by atoms with E-state index in [1.165, 1.54) is 0 Å². The fourth-order valence-electron chi connectivity index (χ4n) is 4.67. The third-order valence-electron chi connectivity index (χ3n) is 6.60. The zero-order valence-corrected chi connectivity index (χ0v) is 17.8. The van der Waals surface area contributed by atoms with Crippen LogP contribution < -0.4 is 4.90 Å². The Bertz CT molecular complexity index is 942. The lowest BCUT2D eigenvalue weighted by molar-refractivity contribution is -0.139. The first-order valence-electron chi connectivity index (χ1n) is 10.8. The Kier molecular flexibility index (Phi) is 5.72. The number of rotatable bonds is 4. The zero-order valence-electron chi connectivity index (χ0n) is 17.8. The van der Waals surface area contributed by atoms with Crippen LogP contribution >= 0.6 is 0 Å². The van der Waals surface area contributed by atoms with Gasteiger partial charge in [-0.05, 0) is 60.4 Å². The Morgan fingerprint density at radius 3 is 2.53 bits per heavy atom. The second kappa shape index (κ2) is 8.43. The fraction of sp³-hybridized carbons (Fsp3) is 0.500. The van der Waals surface area contributed by atoms with Crippen molar-refractivity contribution in [2.45, 2.75) is 52.0 Å². The maximum absolute atomic E-state index is 12.5. The van der Waals surface area contributed by atoms with Crippen molar-refractivity contribution in [3.63, 3.8) is 0 Å². The highest BCUT2D eigenvalue weighted by atomic mass is 16.2. The largest absolute Gasteiger partial charge is 0.355 e. The van der Waals surface area contributed by atoms with Crippen molar-refractivity contribution < 1.29 is 4.79 Å². The predicted octanol–water partition coefficient (Wildman–Crippen LogP) is 3.88. The molecule has 6 nitrogen and oxygen atoms in total. The number of carbonyl (C=O) groups is 1. The van der Waals surface area contributed by atoms with Crippen LogP contribution in [0.4, 0.5) is 5.82 Å². The molecule has 0 aliphatic carbocycles. The van der Waals surface area contributed by atoms with Gasteiger partial charge >= 0.3 is 0 Å². The molecule has 6 heteroatoms. The zero-order chi connectivity index (χ0) is 21.1. The molecule has 2 aliphatic heterocycles. The lowest BCUT2D eigenvalue weighted by Gasteiger charge is -2.47. The lowest BCUT2D eigenvalue weighted by atomic mass is 9.72. The number of nitrogens with zero attached hydrogens (tertiary/aromatic N) is 5. The van der Waals surface area contributed by atoms with E-state index in [0.717, 1.165) is 56.0 Å². The summed E-state index contributed by atoms with van der Waals surface area (Å²) in [5, 5.41) is 9.56. The summed E-state index contributed by atoms with van der Waals surface area (Å²) in [6.07, 6.45) is 7.18. The molecule has 2 saturated heterocycles. The highest BCUT2D eigenvalue weighted by molar-refractivity contribution is 5.77. The van der Waals surface area contributed by atoms with E-state index in [4.69, 9.17) is 4.98 Å². The minimum absolute atomic E-state index is 0.167. The van der Waals surface area contributed by atoms with Gasteiger partial charge in [0.05, 0.1) is 5.56 Å². The molecule has 2 aromatic rings. The van der Waals surface area contributed by atoms with Gasteiger partial charge in [-0.15, -0.1) is 0 Å². The maximum atomic E-state index is 12.5. The van der Waals surface area contributed by atoms with Crippen LogP contribution in [0.5, 0.6) is 0 Å². The second-order valence-electron chi connectivity index (χ2n) is 8.97. The molecule has 0 bridgehead atoms. The Balaban J connectivity index is 1.47. The van der Waals surface area contributed by atoms with Gasteiger partial charge in [-0.3, -0.25) is 9.78 Å². The van der Waals surface area contributed by atoms with E-state index in [9.17, 15) is 10.1 Å². The fourth-order valence-corrected chi connectivity index (χ4v) is 4.67. The van der Waals surface area contributed by atoms with Crippen molar-refractivity contribution in [3.8, 4) is 6.07 Å². The number of amides is 1. The van der Waals surface area contributed by atoms with Crippen LogP contribution in [0.15, 0.2) is 36.7 Å². The molecule has 30 heavy (non-hydrogen) atoms. The first kappa shape index (κ1) is 20.3. The first-order chi connectivity index (χ1) is 14.5. The molecule has 2 fully saturated rings. The molecule has 0 N–H and O–H groups in total. The number of likely N-dealkylation sites (tertiary alicyclic amines) is 1. The maximum Gasteiger partial charge on any atom is 0.222 e. The average Bonchev–Trinajstić information content (AvgIpc) is 2.77. The van der Waals surface area contributed by atoms with E-state index < -0.39 is 0 Å². The summed E-state index contributed by atoms with van der Waals surface area (Å²) in [6, 6.07) is 10.1. The highest BCUT2D eigenvalue weighted by Crippen LogP contribution is 2.41. The Hall–Kier alpha value is -2.94. The average molecular weight is 404 g/mol. The molecular formula is C24H29N5O. The van der Waals surface area contributed by atoms with Gasteiger partial charge in [0.25, 0.3) is 0 Å². The molecule has 2 aromatic heterocycles. The molecule has 0 radical (unpaired) electrons. The molecule has 4 heterocycles. The number of anilines is 1. The summed E-state index contributed by atoms with van der Waals surface area (Å²) in [7, 11) is 0. The van der Waals surface area contributed by atoms with Crippen LogP contribution in [-0.2, 0) is 11.3 Å². The minimum atomic E-state index is 0.167. The van der Waals surface area contributed by atoms with Crippen molar-refractivity contribution in [2.24, 2.45) is 5.41 Å². The summed E-state index contributed by atoms with van der Waals surface area (Å²) >= 11 is 0. The van der Waals surface area contributed by atoms with E-state index >= 15 is 0 Å². The van der Waals surface area contributed by atoms with Gasteiger partial charge in [0.2, 0.25) is 5.91 Å². The van der Waals surface area contributed by atoms with Gasteiger partial charge in [0.15, 0.2) is 0 Å². The molecule has 0 atom stereocenters. The number of piperidine rings is 2. The van der Waals surface area contributed by atoms with Crippen molar-refractivity contribution in [2.75, 3.05) is 24.5 Å². The normalized spacial score (nSPS) is 18.7. The van der Waals surface area contributed by atoms with E-state index in [1.54, 1.807) is 12.4 Å². The van der Waals surface area contributed by atoms with E-state index in [1.807, 2.05) is 29.2 Å². The Labute approximate surface area is 178 Å². The summed E-state index contributed by atoms with van der Waals surface area (Å²) < 4.78 is 0. The Morgan fingerprint density at radius 1 is 1.13 bits per heavy atom. The SMILES string of the molecule is CC(C)c1ccc(C#N)c(N2CCC3(CCC(=O)N(Cc4ccncc4)C3)CC2)n1. The molecule has 2 aliphatic rings. The van der Waals surface area contributed by atoms with Gasteiger partial charge in [-0.1, -0.05) is 13.8 Å². The highest BCUT2D eigenvalue weighted by Gasteiger charge is 2.41. The third-order valence-corrected chi connectivity index (χ3v) is 6.60. The van der Waals surface area contributed by atoms with Crippen LogP contribution in [0.3, 0.4) is 0 Å². The number of pyridine rings is 2. The van der Waals surface area contributed by atoms with Crippen molar-refractivity contribution >= 4 is 11.7 Å².